The summed E-state index contributed by atoms with van der Waals surface area (Å²) in [5.41, 5.74) is 8.81. The van der Waals surface area contributed by atoms with E-state index >= 15 is 0 Å². The SMILES string of the molecule is Cc1cc2c3ccccc3n3c2c(c1C)c1c2c(cc4ccccc4c23)nc[n+]1C. The maximum Gasteiger partial charge on any atom is 0.287 e. The van der Waals surface area contributed by atoms with E-state index in [2.05, 4.69) is 90.5 Å². The molecule has 0 bridgehead atoms. The lowest BCUT2D eigenvalue weighted by molar-refractivity contribution is -0.646. The summed E-state index contributed by atoms with van der Waals surface area (Å²) in [5, 5.41) is 7.70. The van der Waals surface area contributed by atoms with E-state index in [4.69, 9.17) is 4.98 Å². The zero-order valence-corrected chi connectivity index (χ0v) is 17.2. The Balaban J connectivity index is 2.04. The van der Waals surface area contributed by atoms with Gasteiger partial charge in [0, 0.05) is 16.2 Å². The number of para-hydroxylation sites is 1. The molecule has 0 N–H and O–H groups in total. The average molecular weight is 386 g/mol. The fraction of sp³-hybridized carbons (Fsp3) is 0.111. The normalized spacial score (nSPS) is 12.5. The zero-order chi connectivity index (χ0) is 20.1. The molecular formula is C27H20N3+. The number of aryl methyl sites for hydroxylation is 3. The van der Waals surface area contributed by atoms with Crippen LogP contribution in [0.25, 0.3) is 59.9 Å². The van der Waals surface area contributed by atoms with Crippen LogP contribution in [-0.2, 0) is 7.05 Å². The molecule has 7 rings (SSSR count). The van der Waals surface area contributed by atoms with Gasteiger partial charge in [-0.2, -0.15) is 0 Å². The first-order valence-corrected chi connectivity index (χ1v) is 10.4. The molecule has 0 aliphatic rings. The van der Waals surface area contributed by atoms with Gasteiger partial charge >= 0.3 is 0 Å². The maximum absolute atomic E-state index is 4.84. The van der Waals surface area contributed by atoms with Crippen LogP contribution >= 0.6 is 0 Å². The number of benzene rings is 4. The van der Waals surface area contributed by atoms with Crippen LogP contribution in [0, 0.1) is 13.8 Å². The van der Waals surface area contributed by atoms with Crippen molar-refractivity contribution in [2.24, 2.45) is 7.05 Å². The summed E-state index contributed by atoms with van der Waals surface area (Å²) in [4.78, 5) is 4.84. The second-order valence-electron chi connectivity index (χ2n) is 8.49. The lowest BCUT2D eigenvalue weighted by Crippen LogP contribution is -2.30. The van der Waals surface area contributed by atoms with Crippen LogP contribution in [-0.4, -0.2) is 9.38 Å². The van der Waals surface area contributed by atoms with Crippen molar-refractivity contribution in [3.63, 3.8) is 0 Å². The van der Waals surface area contributed by atoms with Gasteiger partial charge in [0.1, 0.15) is 5.52 Å². The molecule has 0 fully saturated rings. The van der Waals surface area contributed by atoms with Gasteiger partial charge in [-0.1, -0.05) is 42.5 Å². The molecule has 3 heteroatoms. The molecule has 0 saturated carbocycles. The minimum atomic E-state index is 1.05. The summed E-state index contributed by atoms with van der Waals surface area (Å²) in [7, 11) is 2.12. The molecule has 30 heavy (non-hydrogen) atoms. The quantitative estimate of drug-likeness (QED) is 0.178. The van der Waals surface area contributed by atoms with Crippen LogP contribution < -0.4 is 4.57 Å². The van der Waals surface area contributed by atoms with Gasteiger partial charge in [-0.05, 0) is 53.5 Å². The van der Waals surface area contributed by atoms with Crippen LogP contribution in [0.4, 0.5) is 0 Å². The van der Waals surface area contributed by atoms with Gasteiger partial charge in [0.2, 0.25) is 0 Å². The van der Waals surface area contributed by atoms with E-state index in [0.717, 1.165) is 5.52 Å². The van der Waals surface area contributed by atoms with Gasteiger partial charge in [0.05, 0.1) is 34.4 Å². The monoisotopic (exact) mass is 386 g/mol. The lowest BCUT2D eigenvalue weighted by atomic mass is 9.96. The topological polar surface area (TPSA) is 21.2 Å². The van der Waals surface area contributed by atoms with Crippen molar-refractivity contribution in [3.05, 3.63) is 78.1 Å². The van der Waals surface area contributed by atoms with Gasteiger partial charge in [-0.15, -0.1) is 0 Å². The largest absolute Gasteiger partial charge is 0.307 e. The van der Waals surface area contributed by atoms with Gasteiger partial charge < -0.3 is 4.40 Å². The summed E-state index contributed by atoms with van der Waals surface area (Å²) >= 11 is 0. The van der Waals surface area contributed by atoms with E-state index in [1.165, 1.54) is 65.5 Å². The Morgan fingerprint density at radius 1 is 0.800 bits per heavy atom. The highest BCUT2D eigenvalue weighted by Crippen LogP contribution is 2.43. The summed E-state index contributed by atoms with van der Waals surface area (Å²) in [6.07, 6.45) is 1.96. The van der Waals surface area contributed by atoms with E-state index in [-0.39, 0.29) is 0 Å². The smallest absolute Gasteiger partial charge is 0.287 e. The molecule has 7 aromatic rings. The molecule has 0 radical (unpaired) electrons. The Morgan fingerprint density at radius 3 is 2.40 bits per heavy atom. The molecule has 0 atom stereocenters. The molecule has 4 aromatic carbocycles. The Kier molecular flexibility index (Phi) is 2.82. The molecule has 0 unspecified atom stereocenters. The second kappa shape index (κ2) is 5.25. The Hall–Kier alpha value is -3.72. The second-order valence-corrected chi connectivity index (χ2v) is 8.49. The molecule has 3 aromatic heterocycles. The molecule has 0 spiro atoms. The van der Waals surface area contributed by atoms with Crippen molar-refractivity contribution in [1.82, 2.24) is 9.38 Å². The van der Waals surface area contributed by atoms with Gasteiger partial charge in [-0.25, -0.2) is 4.57 Å². The molecule has 0 aliphatic heterocycles. The zero-order valence-electron chi connectivity index (χ0n) is 17.2. The highest BCUT2D eigenvalue weighted by Gasteiger charge is 2.25. The first-order valence-electron chi connectivity index (χ1n) is 10.4. The Labute approximate surface area is 173 Å². The summed E-state index contributed by atoms with van der Waals surface area (Å²) < 4.78 is 4.69. The van der Waals surface area contributed by atoms with Crippen LogP contribution in [0.1, 0.15) is 11.1 Å². The standard InChI is InChI=1S/C27H20N3/c1-15-12-20-19-10-6-7-11-22(19)30-25-18-9-5-4-8-17(18)13-21-24(25)27(29(3)14-28-21)23(16(15)2)26(20)30/h4-14H,1-3H3/q+1. The third kappa shape index (κ3) is 1.73. The fourth-order valence-electron chi connectivity index (χ4n) is 5.44. The summed E-state index contributed by atoms with van der Waals surface area (Å²) in [6.45, 7) is 4.48. The van der Waals surface area contributed by atoms with Crippen molar-refractivity contribution >= 4 is 59.9 Å². The number of hydrogen-bond acceptors (Lipinski definition) is 1. The number of nitrogens with zero attached hydrogens (tertiary/aromatic N) is 3. The fourth-order valence-corrected chi connectivity index (χ4v) is 5.44. The predicted octanol–water partition coefficient (Wildman–Crippen LogP) is 5.98. The van der Waals surface area contributed by atoms with E-state index < -0.39 is 0 Å². The van der Waals surface area contributed by atoms with E-state index in [1.807, 2.05) is 6.33 Å². The minimum absolute atomic E-state index is 1.05. The number of fused-ring (bicyclic) bond motifs is 7. The Bertz CT molecular complexity index is 1820. The summed E-state index contributed by atoms with van der Waals surface area (Å²) in [5.74, 6) is 0. The first kappa shape index (κ1) is 16.1. The maximum atomic E-state index is 4.84. The number of pyridine rings is 1. The van der Waals surface area contributed by atoms with Gasteiger partial charge in [-0.3, -0.25) is 0 Å². The molecule has 0 amide bonds. The van der Waals surface area contributed by atoms with Gasteiger partial charge in [0.15, 0.2) is 5.52 Å². The molecular weight excluding hydrogens is 366 g/mol. The van der Waals surface area contributed by atoms with Crippen LogP contribution in [0.5, 0.6) is 0 Å². The van der Waals surface area contributed by atoms with E-state index in [1.54, 1.807) is 0 Å². The highest BCUT2D eigenvalue weighted by atomic mass is 15.0. The van der Waals surface area contributed by atoms with Crippen molar-refractivity contribution in [2.45, 2.75) is 13.8 Å². The summed E-state index contributed by atoms with van der Waals surface area (Å²) in [6, 6.07) is 22.1. The van der Waals surface area contributed by atoms with Crippen molar-refractivity contribution < 1.29 is 4.57 Å². The lowest BCUT2D eigenvalue weighted by Gasteiger charge is -2.15. The average Bonchev–Trinajstić information content (AvgIpc) is 3.09. The molecule has 3 nitrogen and oxygen atoms in total. The molecule has 0 aliphatic carbocycles. The van der Waals surface area contributed by atoms with Crippen LogP contribution in [0.15, 0.2) is 67.0 Å². The predicted molar refractivity (Wildman–Crippen MR) is 125 cm³/mol. The first-order chi connectivity index (χ1) is 14.6. The van der Waals surface area contributed by atoms with Gasteiger partial charge in [0.25, 0.3) is 6.33 Å². The van der Waals surface area contributed by atoms with Crippen LogP contribution in [0.3, 0.4) is 0 Å². The van der Waals surface area contributed by atoms with Crippen molar-refractivity contribution in [2.75, 3.05) is 0 Å². The third-order valence-electron chi connectivity index (χ3n) is 6.90. The number of rotatable bonds is 0. The molecule has 0 saturated heterocycles. The van der Waals surface area contributed by atoms with Crippen molar-refractivity contribution in [1.29, 1.82) is 0 Å². The van der Waals surface area contributed by atoms with E-state index in [0.29, 0.717) is 0 Å². The molecule has 3 heterocycles. The minimum Gasteiger partial charge on any atom is -0.307 e. The Morgan fingerprint density at radius 2 is 1.53 bits per heavy atom. The number of hydrogen-bond donors (Lipinski definition) is 0. The highest BCUT2D eigenvalue weighted by molar-refractivity contribution is 6.29. The van der Waals surface area contributed by atoms with E-state index in [9.17, 15) is 0 Å². The third-order valence-corrected chi connectivity index (χ3v) is 6.90. The number of aromatic nitrogens is 3. The van der Waals surface area contributed by atoms with Crippen LogP contribution in [0.2, 0.25) is 0 Å². The van der Waals surface area contributed by atoms with Crippen molar-refractivity contribution in [3.8, 4) is 0 Å². The molecule has 142 valence electrons.